The Bertz CT molecular complexity index is 686. The first-order chi connectivity index (χ1) is 9.86. The van der Waals surface area contributed by atoms with E-state index in [0.717, 1.165) is 17.3 Å². The van der Waals surface area contributed by atoms with Crippen LogP contribution in [0.3, 0.4) is 0 Å². The fourth-order valence-electron chi connectivity index (χ4n) is 2.26. The highest BCUT2D eigenvalue weighted by atomic mass is 16.4. The van der Waals surface area contributed by atoms with Gasteiger partial charge in [-0.25, -0.2) is 4.79 Å². The average molecular weight is 288 g/mol. The summed E-state index contributed by atoms with van der Waals surface area (Å²) in [4.78, 5) is 23.6. The fourth-order valence-corrected chi connectivity index (χ4v) is 2.26. The van der Waals surface area contributed by atoms with Crippen LogP contribution >= 0.6 is 0 Å². The summed E-state index contributed by atoms with van der Waals surface area (Å²) in [5.41, 5.74) is 0.176. The lowest BCUT2D eigenvalue weighted by molar-refractivity contribution is -0.143. The summed E-state index contributed by atoms with van der Waals surface area (Å²) in [5.74, 6) is -1.43. The number of hydrogen-bond acceptors (Lipinski definition) is 2. The summed E-state index contributed by atoms with van der Waals surface area (Å²) >= 11 is 0. The van der Waals surface area contributed by atoms with Gasteiger partial charge in [-0.05, 0) is 32.4 Å². The lowest BCUT2D eigenvalue weighted by atomic mass is 10.1. The van der Waals surface area contributed by atoms with Crippen LogP contribution in [0.2, 0.25) is 0 Å². The van der Waals surface area contributed by atoms with Crippen LogP contribution in [0.4, 0.5) is 0 Å². The van der Waals surface area contributed by atoms with E-state index >= 15 is 0 Å². The predicted octanol–water partition coefficient (Wildman–Crippen LogP) is 2.64. The molecule has 0 unspecified atom stereocenters. The molecule has 0 aliphatic rings. The van der Waals surface area contributed by atoms with E-state index in [9.17, 15) is 9.59 Å². The van der Waals surface area contributed by atoms with Gasteiger partial charge >= 0.3 is 5.97 Å². The van der Waals surface area contributed by atoms with E-state index in [2.05, 4.69) is 5.32 Å². The van der Waals surface area contributed by atoms with Crippen molar-refractivity contribution in [2.24, 2.45) is 0 Å². The summed E-state index contributed by atoms with van der Waals surface area (Å²) in [5, 5.41) is 12.7. The minimum absolute atomic E-state index is 0.368. The zero-order valence-corrected chi connectivity index (χ0v) is 12.5. The normalized spacial score (nSPS) is 11.6. The molecular weight excluding hydrogens is 268 g/mol. The number of rotatable bonds is 5. The molecule has 1 aromatic carbocycles. The number of benzene rings is 1. The molecule has 2 N–H and O–H groups in total. The van der Waals surface area contributed by atoms with E-state index in [1.54, 1.807) is 6.07 Å². The Morgan fingerprint density at radius 1 is 1.29 bits per heavy atom. The van der Waals surface area contributed by atoms with Crippen LogP contribution < -0.4 is 5.32 Å². The molecule has 0 fully saturated rings. The Balaban J connectivity index is 2.43. The van der Waals surface area contributed by atoms with Crippen molar-refractivity contribution in [2.45, 2.75) is 39.3 Å². The molecule has 0 atom stereocenters. The summed E-state index contributed by atoms with van der Waals surface area (Å²) in [6.45, 7) is 5.70. The van der Waals surface area contributed by atoms with Crippen molar-refractivity contribution in [3.05, 3.63) is 36.0 Å². The number of hydrogen-bond donors (Lipinski definition) is 2. The minimum Gasteiger partial charge on any atom is -0.480 e. The van der Waals surface area contributed by atoms with E-state index in [-0.39, 0.29) is 5.91 Å². The largest absolute Gasteiger partial charge is 0.480 e. The van der Waals surface area contributed by atoms with Gasteiger partial charge in [0, 0.05) is 17.4 Å². The van der Waals surface area contributed by atoms with Crippen molar-refractivity contribution in [1.82, 2.24) is 9.88 Å². The number of aromatic nitrogens is 1. The Kier molecular flexibility index (Phi) is 4.02. The van der Waals surface area contributed by atoms with E-state index in [1.165, 1.54) is 13.8 Å². The molecule has 0 saturated carbocycles. The Hall–Kier alpha value is -2.30. The van der Waals surface area contributed by atoms with Gasteiger partial charge in [0.2, 0.25) is 0 Å². The van der Waals surface area contributed by atoms with Crippen LogP contribution in [-0.2, 0) is 11.3 Å². The molecule has 21 heavy (non-hydrogen) atoms. The standard InChI is InChI=1S/C16H20N2O3/c1-4-9-18-12-8-6-5-7-11(12)10-13(18)14(19)17-16(2,3)15(20)21/h5-8,10H,4,9H2,1-3H3,(H,17,19)(H,20,21). The molecule has 0 radical (unpaired) electrons. The first-order valence-corrected chi connectivity index (χ1v) is 7.01. The van der Waals surface area contributed by atoms with Crippen LogP contribution in [-0.4, -0.2) is 27.1 Å². The molecule has 0 bridgehead atoms. The number of carboxylic acid groups (broad SMARTS) is 1. The number of amides is 1. The third-order valence-electron chi connectivity index (χ3n) is 3.45. The molecule has 2 rings (SSSR count). The molecule has 0 aliphatic carbocycles. The number of aliphatic carboxylic acids is 1. The second-order valence-corrected chi connectivity index (χ2v) is 5.62. The summed E-state index contributed by atoms with van der Waals surface area (Å²) in [6, 6.07) is 9.56. The Labute approximate surface area is 123 Å². The highest BCUT2D eigenvalue weighted by Crippen LogP contribution is 2.21. The molecule has 1 aromatic heterocycles. The van der Waals surface area contributed by atoms with Crippen LogP contribution in [0.1, 0.15) is 37.7 Å². The first-order valence-electron chi connectivity index (χ1n) is 7.01. The summed E-state index contributed by atoms with van der Waals surface area (Å²) in [7, 11) is 0. The van der Waals surface area contributed by atoms with Crippen molar-refractivity contribution in [2.75, 3.05) is 0 Å². The zero-order chi connectivity index (χ0) is 15.6. The molecule has 2 aromatic rings. The monoisotopic (exact) mass is 288 g/mol. The maximum absolute atomic E-state index is 12.4. The number of carboxylic acids is 1. The SMILES string of the molecule is CCCn1c(C(=O)NC(C)(C)C(=O)O)cc2ccccc21. The lowest BCUT2D eigenvalue weighted by Crippen LogP contribution is -2.50. The van der Waals surface area contributed by atoms with E-state index in [4.69, 9.17) is 5.11 Å². The molecule has 0 spiro atoms. The molecule has 1 heterocycles. The summed E-state index contributed by atoms with van der Waals surface area (Å²) in [6.07, 6.45) is 0.890. The fraction of sp³-hybridized carbons (Fsp3) is 0.375. The van der Waals surface area contributed by atoms with Gasteiger partial charge in [-0.2, -0.15) is 0 Å². The quantitative estimate of drug-likeness (QED) is 0.888. The third kappa shape index (κ3) is 2.91. The van der Waals surface area contributed by atoms with Crippen molar-refractivity contribution in [3.63, 3.8) is 0 Å². The molecular formula is C16H20N2O3. The highest BCUT2D eigenvalue weighted by molar-refractivity contribution is 6.00. The van der Waals surface area contributed by atoms with E-state index in [0.29, 0.717) is 12.2 Å². The highest BCUT2D eigenvalue weighted by Gasteiger charge is 2.30. The van der Waals surface area contributed by atoms with E-state index < -0.39 is 11.5 Å². The topological polar surface area (TPSA) is 71.3 Å². The maximum Gasteiger partial charge on any atom is 0.328 e. The Morgan fingerprint density at radius 2 is 1.95 bits per heavy atom. The molecule has 0 aliphatic heterocycles. The number of carbonyl (C=O) groups excluding carboxylic acids is 1. The average Bonchev–Trinajstić information content (AvgIpc) is 2.78. The lowest BCUT2D eigenvalue weighted by Gasteiger charge is -2.21. The second kappa shape index (κ2) is 5.60. The van der Waals surface area contributed by atoms with Crippen molar-refractivity contribution in [1.29, 1.82) is 0 Å². The van der Waals surface area contributed by atoms with Gasteiger partial charge in [-0.15, -0.1) is 0 Å². The van der Waals surface area contributed by atoms with Gasteiger partial charge in [0.1, 0.15) is 11.2 Å². The third-order valence-corrected chi connectivity index (χ3v) is 3.45. The molecule has 5 heteroatoms. The number of para-hydroxylation sites is 1. The van der Waals surface area contributed by atoms with Gasteiger partial charge in [-0.1, -0.05) is 25.1 Å². The van der Waals surface area contributed by atoms with Gasteiger partial charge in [-0.3, -0.25) is 4.79 Å². The van der Waals surface area contributed by atoms with Crippen molar-refractivity contribution in [3.8, 4) is 0 Å². The zero-order valence-electron chi connectivity index (χ0n) is 12.5. The van der Waals surface area contributed by atoms with Gasteiger partial charge in [0.15, 0.2) is 0 Å². The van der Waals surface area contributed by atoms with Crippen molar-refractivity contribution >= 4 is 22.8 Å². The van der Waals surface area contributed by atoms with Gasteiger partial charge < -0.3 is 15.0 Å². The first kappa shape index (κ1) is 15.1. The number of nitrogens with one attached hydrogen (secondary N) is 1. The maximum atomic E-state index is 12.4. The number of nitrogens with zero attached hydrogens (tertiary/aromatic N) is 1. The number of fused-ring (bicyclic) bond motifs is 1. The van der Waals surface area contributed by atoms with Crippen LogP contribution in [0, 0.1) is 0 Å². The van der Waals surface area contributed by atoms with Crippen LogP contribution in [0.25, 0.3) is 10.9 Å². The molecule has 112 valence electrons. The van der Waals surface area contributed by atoms with Crippen LogP contribution in [0.5, 0.6) is 0 Å². The predicted molar refractivity (Wildman–Crippen MR) is 81.4 cm³/mol. The van der Waals surface area contributed by atoms with Gasteiger partial charge in [0.05, 0.1) is 0 Å². The van der Waals surface area contributed by atoms with Crippen molar-refractivity contribution < 1.29 is 14.7 Å². The van der Waals surface area contributed by atoms with Gasteiger partial charge in [0.25, 0.3) is 5.91 Å². The van der Waals surface area contributed by atoms with E-state index in [1.807, 2.05) is 35.8 Å². The Morgan fingerprint density at radius 3 is 2.57 bits per heavy atom. The summed E-state index contributed by atoms with van der Waals surface area (Å²) < 4.78 is 1.93. The molecule has 1 amide bonds. The number of carbonyl (C=O) groups is 2. The smallest absolute Gasteiger partial charge is 0.328 e. The second-order valence-electron chi connectivity index (χ2n) is 5.62. The molecule has 5 nitrogen and oxygen atoms in total. The minimum atomic E-state index is -1.30. The molecule has 0 saturated heterocycles. The number of aryl methyl sites for hydroxylation is 1. The van der Waals surface area contributed by atoms with Crippen LogP contribution in [0.15, 0.2) is 30.3 Å².